The molecule has 28 heavy (non-hydrogen) atoms. The average molecular weight is 405 g/mol. The van der Waals surface area contributed by atoms with E-state index < -0.39 is 28.3 Å². The Bertz CT molecular complexity index is 939. The Balaban J connectivity index is 1.82. The van der Waals surface area contributed by atoms with Gasteiger partial charge < -0.3 is 14.8 Å². The van der Waals surface area contributed by atoms with Crippen molar-refractivity contribution >= 4 is 27.4 Å². The number of carbonyl (C=O) groups is 2. The van der Waals surface area contributed by atoms with Gasteiger partial charge in [0.2, 0.25) is 0 Å². The highest BCUT2D eigenvalue weighted by Crippen LogP contribution is 2.19. The van der Waals surface area contributed by atoms with Crippen molar-refractivity contribution in [2.45, 2.75) is 24.7 Å². The molecule has 0 aromatic heterocycles. The van der Waals surface area contributed by atoms with Crippen molar-refractivity contribution in [1.82, 2.24) is 0 Å². The van der Waals surface area contributed by atoms with Gasteiger partial charge >= 0.3 is 5.97 Å². The van der Waals surface area contributed by atoms with E-state index in [1.165, 1.54) is 18.2 Å². The van der Waals surface area contributed by atoms with E-state index in [1.807, 2.05) is 31.2 Å². The first-order chi connectivity index (χ1) is 13.3. The van der Waals surface area contributed by atoms with Gasteiger partial charge in [-0.3, -0.25) is 9.59 Å². The van der Waals surface area contributed by atoms with E-state index in [0.29, 0.717) is 18.7 Å². The maximum Gasteiger partial charge on any atom is 0.306 e. The molecule has 0 aliphatic carbocycles. The summed E-state index contributed by atoms with van der Waals surface area (Å²) >= 11 is 0. The van der Waals surface area contributed by atoms with Gasteiger partial charge in [0.15, 0.2) is 16.4 Å². The van der Waals surface area contributed by atoms with E-state index in [4.69, 9.17) is 9.47 Å². The van der Waals surface area contributed by atoms with Gasteiger partial charge in [-0.1, -0.05) is 24.3 Å². The topological polar surface area (TPSA) is 98.8 Å². The van der Waals surface area contributed by atoms with E-state index >= 15 is 0 Å². The fraction of sp³-hybridized carbons (Fsp3) is 0.300. The average Bonchev–Trinajstić information content (AvgIpc) is 2.65. The van der Waals surface area contributed by atoms with Crippen LogP contribution >= 0.6 is 0 Å². The summed E-state index contributed by atoms with van der Waals surface area (Å²) in [6.45, 7) is 1.96. The molecule has 0 saturated heterocycles. The number of nitrogens with one attached hydrogen (secondary N) is 1. The molecule has 0 heterocycles. The third-order valence-electron chi connectivity index (χ3n) is 3.78. The lowest BCUT2D eigenvalue weighted by atomic mass is 10.1. The molecule has 0 unspecified atom stereocenters. The number of hydrogen-bond donors (Lipinski definition) is 1. The quantitative estimate of drug-likeness (QED) is 0.644. The van der Waals surface area contributed by atoms with E-state index in [-0.39, 0.29) is 11.3 Å². The van der Waals surface area contributed by atoms with Gasteiger partial charge in [-0.2, -0.15) is 0 Å². The summed E-state index contributed by atoms with van der Waals surface area (Å²) < 4.78 is 33.6. The van der Waals surface area contributed by atoms with Gasteiger partial charge in [-0.25, -0.2) is 8.42 Å². The van der Waals surface area contributed by atoms with Crippen LogP contribution in [0.5, 0.6) is 5.75 Å². The van der Waals surface area contributed by atoms with Gasteiger partial charge in [-0.15, -0.1) is 0 Å². The van der Waals surface area contributed by atoms with Crippen LogP contribution in [0.2, 0.25) is 0 Å². The van der Waals surface area contributed by atoms with Gasteiger partial charge in [0.05, 0.1) is 11.5 Å². The SMILES string of the molecule is CCOc1ccccc1CCC(=O)OCC(=O)Nc1cccc(S(C)(=O)=O)c1. The van der Waals surface area contributed by atoms with Crippen molar-refractivity contribution in [2.75, 3.05) is 24.8 Å². The normalized spacial score (nSPS) is 10.9. The van der Waals surface area contributed by atoms with E-state index in [0.717, 1.165) is 17.6 Å². The Morgan fingerprint density at radius 2 is 1.82 bits per heavy atom. The maximum absolute atomic E-state index is 11.9. The third-order valence-corrected chi connectivity index (χ3v) is 4.89. The van der Waals surface area contributed by atoms with E-state index in [9.17, 15) is 18.0 Å². The molecule has 0 fully saturated rings. The van der Waals surface area contributed by atoms with Crippen LogP contribution in [0, 0.1) is 0 Å². The molecular weight excluding hydrogens is 382 g/mol. The largest absolute Gasteiger partial charge is 0.494 e. The lowest BCUT2D eigenvalue weighted by Gasteiger charge is -2.10. The molecule has 0 spiro atoms. The number of anilines is 1. The molecule has 1 N–H and O–H groups in total. The molecule has 0 aliphatic rings. The van der Waals surface area contributed by atoms with Crippen LogP contribution < -0.4 is 10.1 Å². The van der Waals surface area contributed by atoms with Gasteiger partial charge in [0.25, 0.3) is 5.91 Å². The Labute approximate surface area is 164 Å². The Hall–Kier alpha value is -2.87. The second-order valence-electron chi connectivity index (χ2n) is 6.05. The summed E-state index contributed by atoms with van der Waals surface area (Å²) in [6, 6.07) is 13.3. The first kappa shape index (κ1) is 21.4. The molecule has 7 nitrogen and oxygen atoms in total. The fourth-order valence-electron chi connectivity index (χ4n) is 2.46. The molecule has 2 aromatic rings. The predicted octanol–water partition coefficient (Wildman–Crippen LogP) is 2.60. The zero-order valence-electron chi connectivity index (χ0n) is 15.8. The highest BCUT2D eigenvalue weighted by atomic mass is 32.2. The Morgan fingerprint density at radius 1 is 1.07 bits per heavy atom. The van der Waals surface area contributed by atoms with Crippen molar-refractivity contribution in [3.05, 3.63) is 54.1 Å². The van der Waals surface area contributed by atoms with Gasteiger partial charge in [0, 0.05) is 18.4 Å². The number of rotatable bonds is 9. The van der Waals surface area contributed by atoms with Crippen molar-refractivity contribution in [1.29, 1.82) is 0 Å². The lowest BCUT2D eigenvalue weighted by Crippen LogP contribution is -2.21. The number of benzene rings is 2. The number of para-hydroxylation sites is 1. The second kappa shape index (κ2) is 9.89. The van der Waals surface area contributed by atoms with Crippen LogP contribution in [0.25, 0.3) is 0 Å². The fourth-order valence-corrected chi connectivity index (χ4v) is 3.13. The molecule has 0 bridgehead atoms. The molecule has 0 saturated carbocycles. The number of esters is 1. The molecule has 2 rings (SSSR count). The summed E-state index contributed by atoms with van der Waals surface area (Å²) in [5, 5.41) is 2.51. The molecule has 0 atom stereocenters. The summed E-state index contributed by atoms with van der Waals surface area (Å²) in [7, 11) is -3.38. The minimum Gasteiger partial charge on any atom is -0.494 e. The summed E-state index contributed by atoms with van der Waals surface area (Å²) in [5.74, 6) is -0.332. The van der Waals surface area contributed by atoms with E-state index in [1.54, 1.807) is 6.07 Å². The number of ether oxygens (including phenoxy) is 2. The van der Waals surface area contributed by atoms with Gasteiger partial charge in [0.1, 0.15) is 5.75 Å². The first-order valence-electron chi connectivity index (χ1n) is 8.76. The Morgan fingerprint density at radius 3 is 2.54 bits per heavy atom. The Kier molecular flexibility index (Phi) is 7.57. The zero-order valence-corrected chi connectivity index (χ0v) is 16.6. The van der Waals surface area contributed by atoms with Crippen LogP contribution in [-0.2, 0) is 30.6 Å². The first-order valence-corrected chi connectivity index (χ1v) is 10.6. The van der Waals surface area contributed by atoms with Crippen LogP contribution in [0.3, 0.4) is 0 Å². The monoisotopic (exact) mass is 405 g/mol. The molecule has 150 valence electrons. The highest BCUT2D eigenvalue weighted by molar-refractivity contribution is 7.90. The minimum absolute atomic E-state index is 0.0928. The van der Waals surface area contributed by atoms with Gasteiger partial charge in [-0.05, 0) is 43.2 Å². The second-order valence-corrected chi connectivity index (χ2v) is 8.07. The summed E-state index contributed by atoms with van der Waals surface area (Å²) in [4.78, 5) is 23.9. The summed E-state index contributed by atoms with van der Waals surface area (Å²) in [6.07, 6.45) is 1.63. The molecule has 8 heteroatoms. The molecular formula is C20H23NO6S. The molecule has 2 aromatic carbocycles. The highest BCUT2D eigenvalue weighted by Gasteiger charge is 2.12. The molecule has 0 aliphatic heterocycles. The number of aryl methyl sites for hydroxylation is 1. The third kappa shape index (κ3) is 6.70. The number of carbonyl (C=O) groups excluding carboxylic acids is 2. The summed E-state index contributed by atoms with van der Waals surface area (Å²) in [5.41, 5.74) is 1.21. The van der Waals surface area contributed by atoms with Crippen molar-refractivity contribution < 1.29 is 27.5 Å². The zero-order chi connectivity index (χ0) is 20.6. The smallest absolute Gasteiger partial charge is 0.306 e. The number of sulfone groups is 1. The molecule has 1 amide bonds. The van der Waals surface area contributed by atoms with Crippen LogP contribution in [-0.4, -0.2) is 39.8 Å². The van der Waals surface area contributed by atoms with Crippen molar-refractivity contribution in [2.24, 2.45) is 0 Å². The number of hydrogen-bond acceptors (Lipinski definition) is 6. The van der Waals surface area contributed by atoms with Crippen LogP contribution in [0.1, 0.15) is 18.9 Å². The van der Waals surface area contributed by atoms with Crippen LogP contribution in [0.15, 0.2) is 53.4 Å². The predicted molar refractivity (Wildman–Crippen MR) is 105 cm³/mol. The standard InChI is InChI=1S/C20H23NO6S/c1-3-26-18-10-5-4-7-15(18)11-12-20(23)27-14-19(22)21-16-8-6-9-17(13-16)28(2,24)25/h4-10,13H,3,11-12,14H2,1-2H3,(H,21,22). The van der Waals surface area contributed by atoms with Crippen molar-refractivity contribution in [3.8, 4) is 5.75 Å². The molecule has 0 radical (unpaired) electrons. The maximum atomic E-state index is 11.9. The number of amides is 1. The minimum atomic E-state index is -3.38. The van der Waals surface area contributed by atoms with Crippen molar-refractivity contribution in [3.63, 3.8) is 0 Å². The van der Waals surface area contributed by atoms with Crippen LogP contribution in [0.4, 0.5) is 5.69 Å². The lowest BCUT2D eigenvalue weighted by molar-refractivity contribution is -0.147. The van der Waals surface area contributed by atoms with E-state index in [2.05, 4.69) is 5.32 Å².